The molecule has 2 rings (SSSR count). The molecule has 19 heavy (non-hydrogen) atoms. The fraction of sp³-hybridized carbons (Fsp3) is 0.357. The van der Waals surface area contributed by atoms with Gasteiger partial charge in [0.05, 0.1) is 20.5 Å². The van der Waals surface area contributed by atoms with Crippen molar-refractivity contribution >= 4 is 0 Å². The molecule has 1 atom stereocenters. The van der Waals surface area contributed by atoms with Gasteiger partial charge in [0.25, 0.3) is 0 Å². The van der Waals surface area contributed by atoms with E-state index in [0.29, 0.717) is 0 Å². The summed E-state index contributed by atoms with van der Waals surface area (Å²) in [4.78, 5) is 7.06. The molecule has 2 aromatic rings. The summed E-state index contributed by atoms with van der Waals surface area (Å²) in [7, 11) is 3.33. The van der Waals surface area contributed by atoms with Crippen LogP contribution in [0.1, 0.15) is 24.2 Å². The number of rotatable bonds is 6. The molecule has 0 aliphatic heterocycles. The van der Waals surface area contributed by atoms with E-state index in [9.17, 15) is 0 Å². The molecule has 0 bridgehead atoms. The minimum Gasteiger partial charge on any atom is -0.497 e. The number of aromatic nitrogens is 2. The van der Waals surface area contributed by atoms with E-state index in [-0.39, 0.29) is 6.04 Å². The zero-order valence-corrected chi connectivity index (χ0v) is 11.4. The topological polar surface area (TPSA) is 59.2 Å². The predicted octanol–water partition coefficient (Wildman–Crippen LogP) is 2.28. The summed E-state index contributed by atoms with van der Waals surface area (Å²) in [6.45, 7) is 2.81. The molecule has 0 aliphatic carbocycles. The second kappa shape index (κ2) is 6.24. The van der Waals surface area contributed by atoms with Crippen molar-refractivity contribution in [3.05, 3.63) is 42.0 Å². The number of hydrogen-bond acceptors (Lipinski definition) is 4. The van der Waals surface area contributed by atoms with E-state index < -0.39 is 0 Å². The van der Waals surface area contributed by atoms with Gasteiger partial charge < -0.3 is 19.8 Å². The second-order valence-corrected chi connectivity index (χ2v) is 4.29. The van der Waals surface area contributed by atoms with Crippen LogP contribution < -0.4 is 14.8 Å². The number of methoxy groups -OCH3 is 2. The van der Waals surface area contributed by atoms with Crippen molar-refractivity contribution in [3.63, 3.8) is 0 Å². The van der Waals surface area contributed by atoms with Crippen molar-refractivity contribution in [1.29, 1.82) is 0 Å². The number of H-pyrrole nitrogens is 1. The van der Waals surface area contributed by atoms with Gasteiger partial charge in [-0.1, -0.05) is 0 Å². The first kappa shape index (κ1) is 13.4. The SMILES string of the molecule is COc1ccc(OC)c(C(C)NCc2cnc[nH]2)c1. The normalized spacial score (nSPS) is 12.2. The van der Waals surface area contributed by atoms with Crippen molar-refractivity contribution in [2.24, 2.45) is 0 Å². The largest absolute Gasteiger partial charge is 0.497 e. The average Bonchev–Trinajstić information content (AvgIpc) is 2.97. The molecule has 0 amide bonds. The van der Waals surface area contributed by atoms with E-state index in [0.717, 1.165) is 29.3 Å². The average molecular weight is 261 g/mol. The molecule has 1 unspecified atom stereocenters. The van der Waals surface area contributed by atoms with Crippen LogP contribution in [0.3, 0.4) is 0 Å². The maximum atomic E-state index is 5.39. The summed E-state index contributed by atoms with van der Waals surface area (Å²) in [6.07, 6.45) is 3.48. The highest BCUT2D eigenvalue weighted by Crippen LogP contribution is 2.29. The summed E-state index contributed by atoms with van der Waals surface area (Å²) in [5, 5.41) is 3.42. The van der Waals surface area contributed by atoms with Crippen molar-refractivity contribution in [1.82, 2.24) is 15.3 Å². The van der Waals surface area contributed by atoms with Gasteiger partial charge in [-0.15, -0.1) is 0 Å². The van der Waals surface area contributed by atoms with E-state index in [2.05, 4.69) is 22.2 Å². The molecule has 5 heteroatoms. The summed E-state index contributed by atoms with van der Waals surface area (Å²) in [5.41, 5.74) is 2.12. The minimum atomic E-state index is 0.147. The molecule has 5 nitrogen and oxygen atoms in total. The van der Waals surface area contributed by atoms with Gasteiger partial charge >= 0.3 is 0 Å². The third-order valence-corrected chi connectivity index (χ3v) is 3.06. The molecule has 0 saturated carbocycles. The number of nitrogens with one attached hydrogen (secondary N) is 2. The van der Waals surface area contributed by atoms with Crippen LogP contribution in [0.4, 0.5) is 0 Å². The second-order valence-electron chi connectivity index (χ2n) is 4.29. The van der Waals surface area contributed by atoms with Crippen molar-refractivity contribution in [2.75, 3.05) is 14.2 Å². The Morgan fingerprint density at radius 3 is 2.79 bits per heavy atom. The van der Waals surface area contributed by atoms with Crippen LogP contribution in [0.25, 0.3) is 0 Å². The molecular weight excluding hydrogens is 242 g/mol. The van der Waals surface area contributed by atoms with Gasteiger partial charge in [-0.3, -0.25) is 0 Å². The summed E-state index contributed by atoms with van der Waals surface area (Å²) in [5.74, 6) is 1.68. The molecule has 0 radical (unpaired) electrons. The first-order chi connectivity index (χ1) is 9.24. The van der Waals surface area contributed by atoms with E-state index in [1.807, 2.05) is 24.4 Å². The van der Waals surface area contributed by atoms with Gasteiger partial charge in [0.1, 0.15) is 11.5 Å². The van der Waals surface area contributed by atoms with Gasteiger partial charge in [-0.05, 0) is 25.1 Å². The fourth-order valence-corrected chi connectivity index (χ4v) is 1.93. The Kier molecular flexibility index (Phi) is 4.41. The van der Waals surface area contributed by atoms with E-state index >= 15 is 0 Å². The molecule has 102 valence electrons. The number of hydrogen-bond donors (Lipinski definition) is 2. The Hall–Kier alpha value is -2.01. The Balaban J connectivity index is 2.10. The summed E-state index contributed by atoms with van der Waals surface area (Å²) >= 11 is 0. The van der Waals surface area contributed by atoms with Crippen molar-refractivity contribution < 1.29 is 9.47 Å². The van der Waals surface area contributed by atoms with Crippen LogP contribution >= 0.6 is 0 Å². The van der Waals surface area contributed by atoms with Crippen molar-refractivity contribution in [2.45, 2.75) is 19.5 Å². The predicted molar refractivity (Wildman–Crippen MR) is 73.4 cm³/mol. The summed E-state index contributed by atoms with van der Waals surface area (Å²) in [6, 6.07) is 5.95. The molecular formula is C14H19N3O2. The first-order valence-electron chi connectivity index (χ1n) is 6.17. The highest BCUT2D eigenvalue weighted by atomic mass is 16.5. The molecule has 1 aromatic carbocycles. The van der Waals surface area contributed by atoms with Gasteiger partial charge in [-0.2, -0.15) is 0 Å². The van der Waals surface area contributed by atoms with Gasteiger partial charge in [-0.25, -0.2) is 4.98 Å². The lowest BCUT2D eigenvalue weighted by Crippen LogP contribution is -2.19. The standard InChI is InChI=1S/C14H19N3O2/c1-10(16-8-11-7-15-9-17-11)13-6-12(18-2)4-5-14(13)19-3/h4-7,9-10,16H,8H2,1-3H3,(H,15,17). The van der Waals surface area contributed by atoms with Gasteiger partial charge in [0, 0.05) is 30.0 Å². The molecule has 1 heterocycles. The zero-order chi connectivity index (χ0) is 13.7. The van der Waals surface area contributed by atoms with Crippen LogP contribution in [-0.2, 0) is 6.54 Å². The molecule has 0 fully saturated rings. The Bertz CT molecular complexity index is 511. The highest BCUT2D eigenvalue weighted by Gasteiger charge is 2.12. The lowest BCUT2D eigenvalue weighted by Gasteiger charge is -2.17. The van der Waals surface area contributed by atoms with E-state index in [4.69, 9.17) is 9.47 Å². The maximum Gasteiger partial charge on any atom is 0.123 e. The number of imidazole rings is 1. The molecule has 0 saturated heterocycles. The molecule has 0 spiro atoms. The smallest absolute Gasteiger partial charge is 0.123 e. The van der Waals surface area contributed by atoms with Gasteiger partial charge in [0.2, 0.25) is 0 Å². The lowest BCUT2D eigenvalue weighted by molar-refractivity contribution is 0.391. The first-order valence-corrected chi connectivity index (χ1v) is 6.17. The van der Waals surface area contributed by atoms with Crippen LogP contribution in [0, 0.1) is 0 Å². The number of nitrogens with zero attached hydrogens (tertiary/aromatic N) is 1. The third-order valence-electron chi connectivity index (χ3n) is 3.06. The minimum absolute atomic E-state index is 0.147. The van der Waals surface area contributed by atoms with Crippen LogP contribution in [0.5, 0.6) is 11.5 Å². The Morgan fingerprint density at radius 1 is 1.32 bits per heavy atom. The quantitative estimate of drug-likeness (QED) is 0.837. The monoisotopic (exact) mass is 261 g/mol. The van der Waals surface area contributed by atoms with Crippen LogP contribution in [0.2, 0.25) is 0 Å². The number of aromatic amines is 1. The Morgan fingerprint density at radius 2 is 2.16 bits per heavy atom. The third kappa shape index (κ3) is 3.26. The van der Waals surface area contributed by atoms with Gasteiger partial charge in [0.15, 0.2) is 0 Å². The van der Waals surface area contributed by atoms with Crippen molar-refractivity contribution in [3.8, 4) is 11.5 Å². The zero-order valence-electron chi connectivity index (χ0n) is 11.4. The lowest BCUT2D eigenvalue weighted by atomic mass is 10.1. The maximum absolute atomic E-state index is 5.39. The fourth-order valence-electron chi connectivity index (χ4n) is 1.93. The molecule has 0 aliphatic rings. The highest BCUT2D eigenvalue weighted by molar-refractivity contribution is 5.42. The van der Waals surface area contributed by atoms with Crippen LogP contribution in [0.15, 0.2) is 30.7 Å². The molecule has 1 aromatic heterocycles. The number of benzene rings is 1. The van der Waals surface area contributed by atoms with Crippen LogP contribution in [-0.4, -0.2) is 24.2 Å². The number of ether oxygens (including phenoxy) is 2. The van der Waals surface area contributed by atoms with E-state index in [1.54, 1.807) is 20.5 Å². The molecule has 2 N–H and O–H groups in total. The summed E-state index contributed by atoms with van der Waals surface area (Å²) < 4.78 is 10.6. The van der Waals surface area contributed by atoms with E-state index in [1.165, 1.54) is 0 Å². The Labute approximate surface area is 113 Å².